The molecular formula is C76H110INO34. The number of nitrogens with one attached hydrogen (secondary N) is 1. The Hall–Kier alpha value is -3.64. The van der Waals surface area contributed by atoms with Crippen LogP contribution in [0.2, 0.25) is 0 Å². The first-order valence-electron chi connectivity index (χ1n) is 39.1. The number of ketones is 1. The van der Waals surface area contributed by atoms with Crippen LogP contribution in [0.15, 0.2) is 35.9 Å². The van der Waals surface area contributed by atoms with Crippen LogP contribution in [0.1, 0.15) is 135 Å². The third-order valence-corrected chi connectivity index (χ3v) is 28.1. The number of aldehydes is 1. The number of hydrogen-bond donors (Lipinski definition) is 18. The van der Waals surface area contributed by atoms with Crippen molar-refractivity contribution in [1.82, 2.24) is 5.32 Å². The fourth-order valence-corrected chi connectivity index (χ4v) is 21.6. The standard InChI is InChI=1S/C76H110INO34/c1-30-58(107-65-53(93)47(87)39(83)28-101-65)52(92)56(96)67(103-30)110-61-50(90)46(78-45(86)11-9-7-6-8-10-38(82)31-12-14-32(77)15-13-31)42(26-80)105-69(61)112-71(100)75-21-20-72(2,3)23-37(75)34-16-19-76-36(63(76)73(34,4)24-44(75)85)22-35-33(25-79)41(17-18-74(35,76)5)104-70-62(111-68-55(95)51(91)49(89)43(27-81)106-68)59(57(97)60(109-70)64(98)99)108-66-54(94)48(88)40(84)29-102-66/h12-16,25,30,33,35-37,39-44,46-63,65-70,80-81,83-85,87-97H,6-11,17-24,26-29H2,1-5H3,(H,78,86)(H,98,99)/t30-,33-,35+,36?,37?,39?,40-,41+,42+,43?,44+,46?,47?,48+,49+,50?,51+,52?,53?,54+,55+,56?,57+,58?,59+,60?,61?,62+,63+,65+,66?,67+,68?,69+,70?,73-,74?,75?,76?/m1/s1. The molecular weight excluding hydrogens is 1600 g/mol. The predicted molar refractivity (Wildman–Crippen MR) is 383 cm³/mol. The first kappa shape index (κ1) is 86.2. The van der Waals surface area contributed by atoms with Crippen molar-refractivity contribution in [2.75, 3.05) is 26.4 Å². The van der Waals surface area contributed by atoms with E-state index in [2.05, 4.69) is 61.7 Å². The monoisotopic (exact) mass is 1710 g/mol. The van der Waals surface area contributed by atoms with Crippen molar-refractivity contribution in [2.24, 2.45) is 56.7 Å². The average Bonchev–Trinajstić information content (AvgIpc) is 1.45. The molecule has 1 spiro atoms. The first-order valence-corrected chi connectivity index (χ1v) is 40.1. The molecule has 630 valence electrons. The van der Waals surface area contributed by atoms with Crippen LogP contribution in [0, 0.1) is 60.2 Å². The molecule has 6 saturated heterocycles. The number of carboxylic acids is 1. The first-order chi connectivity index (χ1) is 53.0. The predicted octanol–water partition coefficient (Wildman–Crippen LogP) is -3.06. The number of unbranched alkanes of at least 4 members (excludes halogenated alkanes) is 3. The van der Waals surface area contributed by atoms with Gasteiger partial charge in [-0.15, -0.1) is 0 Å². The van der Waals surface area contributed by atoms with Gasteiger partial charge in [0, 0.05) is 27.9 Å². The Morgan fingerprint density at radius 3 is 1.81 bits per heavy atom. The highest BCUT2D eigenvalue weighted by Gasteiger charge is 2.85. The number of aliphatic hydroxyl groups is 16. The van der Waals surface area contributed by atoms with E-state index in [0.717, 1.165) is 15.4 Å². The van der Waals surface area contributed by atoms with Crippen molar-refractivity contribution in [3.05, 3.63) is 45.0 Å². The molecule has 18 N–H and O–H groups in total. The second kappa shape index (κ2) is 33.9. The van der Waals surface area contributed by atoms with Gasteiger partial charge < -0.3 is 154 Å². The number of carboxylic acid groups (broad SMARTS) is 1. The van der Waals surface area contributed by atoms with Gasteiger partial charge in [0.1, 0.15) is 122 Å². The minimum Gasteiger partial charge on any atom is -0.479 e. The van der Waals surface area contributed by atoms with Crippen molar-refractivity contribution < 1.29 is 168 Å². The van der Waals surface area contributed by atoms with Gasteiger partial charge in [0.25, 0.3) is 0 Å². The van der Waals surface area contributed by atoms with E-state index >= 15 is 4.79 Å². The lowest BCUT2D eigenvalue weighted by Gasteiger charge is -2.61. The molecule has 1 aromatic rings. The summed E-state index contributed by atoms with van der Waals surface area (Å²) in [5.41, 5.74) is -2.52. The summed E-state index contributed by atoms with van der Waals surface area (Å²) in [7, 11) is 0. The molecule has 6 aliphatic carbocycles. The van der Waals surface area contributed by atoms with Crippen LogP contribution in [-0.4, -0.2) is 327 Å². The maximum absolute atomic E-state index is 16.0. The van der Waals surface area contributed by atoms with Crippen LogP contribution in [0.4, 0.5) is 0 Å². The van der Waals surface area contributed by atoms with Crippen LogP contribution in [-0.2, 0) is 76.0 Å². The van der Waals surface area contributed by atoms with E-state index in [1.807, 2.05) is 12.1 Å². The quantitative estimate of drug-likeness (QED) is 0.00879. The zero-order valence-electron chi connectivity index (χ0n) is 62.8. The van der Waals surface area contributed by atoms with Gasteiger partial charge in [-0.3, -0.25) is 14.4 Å². The largest absolute Gasteiger partial charge is 0.479 e. The van der Waals surface area contributed by atoms with Gasteiger partial charge in [-0.25, -0.2) is 4.79 Å². The van der Waals surface area contributed by atoms with Gasteiger partial charge in [0.05, 0.1) is 50.8 Å². The van der Waals surface area contributed by atoms with Crippen LogP contribution in [0.3, 0.4) is 0 Å². The summed E-state index contributed by atoms with van der Waals surface area (Å²) in [6.45, 7) is 6.96. The number of halogens is 1. The van der Waals surface area contributed by atoms with E-state index in [-0.39, 0.29) is 43.3 Å². The molecule has 1 amide bonds. The summed E-state index contributed by atoms with van der Waals surface area (Å²) in [5.74, 6) is -5.52. The number of rotatable bonds is 25. The molecule has 11 fully saturated rings. The topological polar surface area (TPSA) is 552 Å². The average molecular weight is 1710 g/mol. The summed E-state index contributed by atoms with van der Waals surface area (Å²) in [6.07, 6.45) is -44.3. The van der Waals surface area contributed by atoms with E-state index in [9.17, 15) is 106 Å². The summed E-state index contributed by atoms with van der Waals surface area (Å²) in [5, 5.41) is 191. The smallest absolute Gasteiger partial charge is 0.335 e. The zero-order chi connectivity index (χ0) is 80.9. The van der Waals surface area contributed by atoms with E-state index in [1.165, 1.54) is 6.92 Å². The minimum absolute atomic E-state index is 0.00916. The van der Waals surface area contributed by atoms with Gasteiger partial charge in [-0.1, -0.05) is 64.3 Å². The molecule has 6 heterocycles. The summed E-state index contributed by atoms with van der Waals surface area (Å²) < 4.78 is 73.7. The van der Waals surface area contributed by atoms with Crippen molar-refractivity contribution in [3.8, 4) is 0 Å². The molecule has 5 saturated carbocycles. The zero-order valence-corrected chi connectivity index (χ0v) is 65.0. The Labute approximate surface area is 659 Å². The summed E-state index contributed by atoms with van der Waals surface area (Å²) >= 11 is 2.16. The lowest BCUT2D eigenvalue weighted by atomic mass is 9.43. The second-order valence-corrected chi connectivity index (χ2v) is 35.6. The highest BCUT2D eigenvalue weighted by Crippen LogP contribution is 2.89. The highest BCUT2D eigenvalue weighted by molar-refractivity contribution is 14.1. The van der Waals surface area contributed by atoms with Crippen molar-refractivity contribution in [3.63, 3.8) is 0 Å². The van der Waals surface area contributed by atoms with Crippen LogP contribution in [0.5, 0.6) is 0 Å². The SMILES string of the molecule is C[C@H]1O[C@@H](OC2C(O)C(NC(=O)CCCCCCC(=O)c3ccc(I)cc3)[C@H](CO)O[C@H]2OC(=O)C23CCC(C)(C)CC2C2=CCC45C(C[C@H]6[C@@H](C=O)[C@@H](OC7OC(C(=O)O)[C@@H](O)[C@H](OC8OC[C@@H](O)[C@H](O)[C@@H]8O)[C@@H]7OC7OC(CO)[C@H](O)[C@H](O)[C@@H]7O)CCC64C)[C@H]5[C@]2(C)C[C@@H]3O)C(O)C(O)C1O[C@@H]1OCC(O)C(O)C1O. The fourth-order valence-electron chi connectivity index (χ4n) is 21.2. The molecule has 0 radical (unpaired) electrons. The number of hydrogen-bond acceptors (Lipinski definition) is 33. The van der Waals surface area contributed by atoms with E-state index in [0.29, 0.717) is 69.8 Å². The number of aliphatic carboxylic acids is 1. The number of ether oxygens (including phenoxy) is 12. The Morgan fingerprint density at radius 1 is 0.589 bits per heavy atom. The van der Waals surface area contributed by atoms with Gasteiger partial charge in [-0.05, 0) is 151 Å². The summed E-state index contributed by atoms with van der Waals surface area (Å²) in [6, 6.07) is 5.77. The maximum Gasteiger partial charge on any atom is 0.335 e. The number of fused-ring (bicyclic) bond motifs is 6. The highest BCUT2D eigenvalue weighted by atomic mass is 127. The number of amides is 1. The number of Topliss-reactive ketones (excluding diaryl/α,β-unsaturated/α-hetero) is 1. The van der Waals surface area contributed by atoms with E-state index in [4.69, 9.17) is 56.8 Å². The molecule has 0 bridgehead atoms. The van der Waals surface area contributed by atoms with Crippen LogP contribution in [0.25, 0.3) is 0 Å². The third-order valence-electron chi connectivity index (χ3n) is 27.4. The van der Waals surface area contributed by atoms with Crippen molar-refractivity contribution in [1.29, 1.82) is 0 Å². The third kappa shape index (κ3) is 15.6. The number of carbonyl (C=O) groups excluding carboxylic acids is 4. The van der Waals surface area contributed by atoms with Gasteiger partial charge >= 0.3 is 11.9 Å². The second-order valence-electron chi connectivity index (χ2n) is 34.4. The Bertz CT molecular complexity index is 3530. The molecule has 13 rings (SSSR count). The molecule has 0 aromatic heterocycles. The van der Waals surface area contributed by atoms with E-state index < -0.39 is 273 Å². The van der Waals surface area contributed by atoms with Crippen molar-refractivity contribution >= 4 is 52.5 Å². The van der Waals surface area contributed by atoms with Gasteiger partial charge in [0.15, 0.2) is 49.4 Å². The van der Waals surface area contributed by atoms with Crippen LogP contribution < -0.4 is 5.32 Å². The number of esters is 1. The molecule has 35 nitrogen and oxygen atoms in total. The molecule has 1 aromatic carbocycles. The molecule has 19 unspecified atom stereocenters. The summed E-state index contributed by atoms with van der Waals surface area (Å²) in [4.78, 5) is 69.6. The molecule has 36 heteroatoms. The Balaban J connectivity index is 0.742. The van der Waals surface area contributed by atoms with Gasteiger partial charge in [0.2, 0.25) is 12.2 Å². The lowest BCUT2D eigenvalue weighted by Crippen LogP contribution is -2.68. The number of allylic oxidation sites excluding steroid dienone is 2. The van der Waals surface area contributed by atoms with Crippen LogP contribution >= 0.6 is 22.6 Å². The molecule has 12 aliphatic rings. The number of benzene rings is 1. The fraction of sp³-hybridized carbons (Fsp3) is 0.829. The Kier molecular flexibility index (Phi) is 26.1. The number of aliphatic hydroxyl groups excluding tert-OH is 16. The van der Waals surface area contributed by atoms with Gasteiger partial charge in [-0.2, -0.15) is 0 Å². The molecule has 112 heavy (non-hydrogen) atoms. The Morgan fingerprint density at radius 2 is 1.18 bits per heavy atom. The van der Waals surface area contributed by atoms with Crippen molar-refractivity contribution in [2.45, 2.75) is 309 Å². The maximum atomic E-state index is 16.0. The molecule has 6 aliphatic heterocycles. The van der Waals surface area contributed by atoms with E-state index in [1.54, 1.807) is 12.1 Å². The molecule has 39 atom stereocenters. The number of carbonyl (C=O) groups is 5. The minimum atomic E-state index is -2.22. The lowest BCUT2D eigenvalue weighted by molar-refractivity contribution is -0.389. The normalized spacial score (nSPS) is 48.9.